The van der Waals surface area contributed by atoms with E-state index in [1.807, 2.05) is 0 Å². The number of rotatable bonds is 4. The van der Waals surface area contributed by atoms with Gasteiger partial charge >= 0.3 is 5.88 Å². The molecule has 0 unspecified atom stereocenters. The number of hydrazine groups is 1. The van der Waals surface area contributed by atoms with E-state index in [2.05, 4.69) is 15.8 Å². The fourth-order valence-corrected chi connectivity index (χ4v) is 1.19. The van der Waals surface area contributed by atoms with Crippen LogP contribution in [0.25, 0.3) is 0 Å². The average molecular weight is 248 g/mol. The van der Waals surface area contributed by atoms with E-state index in [9.17, 15) is 14.9 Å². The molecule has 0 fully saturated rings. The molecule has 0 aromatic carbocycles. The van der Waals surface area contributed by atoms with Crippen LogP contribution >= 0.6 is 0 Å². The van der Waals surface area contributed by atoms with E-state index in [1.165, 1.54) is 36.7 Å². The van der Waals surface area contributed by atoms with Crippen molar-refractivity contribution in [3.05, 3.63) is 52.3 Å². The third kappa shape index (κ3) is 2.61. The lowest BCUT2D eigenvalue weighted by Gasteiger charge is -2.04. The van der Waals surface area contributed by atoms with Gasteiger partial charge in [0.15, 0.2) is 0 Å². The molecule has 0 aliphatic carbocycles. The van der Waals surface area contributed by atoms with E-state index in [4.69, 9.17) is 4.42 Å². The Balaban J connectivity index is 1.95. The lowest BCUT2D eigenvalue weighted by atomic mass is 10.3. The predicted octanol–water partition coefficient (Wildman–Crippen LogP) is 1.34. The second-order valence-electron chi connectivity index (χ2n) is 3.21. The van der Waals surface area contributed by atoms with Crippen LogP contribution in [0.1, 0.15) is 10.4 Å². The van der Waals surface area contributed by atoms with Gasteiger partial charge in [-0.05, 0) is 12.1 Å². The van der Waals surface area contributed by atoms with Crippen LogP contribution in [0.5, 0.6) is 0 Å². The highest BCUT2D eigenvalue weighted by molar-refractivity contribution is 5.94. The Morgan fingerprint density at radius 1 is 1.28 bits per heavy atom. The van der Waals surface area contributed by atoms with Gasteiger partial charge in [-0.3, -0.25) is 30.7 Å². The van der Waals surface area contributed by atoms with Crippen molar-refractivity contribution in [2.75, 3.05) is 5.43 Å². The Morgan fingerprint density at radius 3 is 2.61 bits per heavy atom. The number of nitrogens with one attached hydrogen (secondary N) is 2. The van der Waals surface area contributed by atoms with Crippen molar-refractivity contribution in [2.24, 2.45) is 0 Å². The summed E-state index contributed by atoms with van der Waals surface area (Å²) in [6, 6.07) is 5.58. The molecule has 8 heteroatoms. The van der Waals surface area contributed by atoms with E-state index >= 15 is 0 Å². The number of nitro groups is 1. The maximum Gasteiger partial charge on any atom is 0.434 e. The van der Waals surface area contributed by atoms with Crippen LogP contribution in [0.15, 0.2) is 41.1 Å². The summed E-state index contributed by atoms with van der Waals surface area (Å²) in [7, 11) is 0. The molecule has 2 aromatic rings. The summed E-state index contributed by atoms with van der Waals surface area (Å²) in [6.45, 7) is 0. The van der Waals surface area contributed by atoms with Crippen molar-refractivity contribution in [1.29, 1.82) is 0 Å². The van der Waals surface area contributed by atoms with Crippen LogP contribution in [0.3, 0.4) is 0 Å². The van der Waals surface area contributed by atoms with E-state index in [0.717, 1.165) is 0 Å². The first-order valence-electron chi connectivity index (χ1n) is 4.87. The molecule has 0 radical (unpaired) electrons. The maximum atomic E-state index is 11.6. The van der Waals surface area contributed by atoms with Crippen molar-refractivity contribution < 1.29 is 14.1 Å². The number of anilines is 1. The fourth-order valence-electron chi connectivity index (χ4n) is 1.19. The molecular weight excluding hydrogens is 240 g/mol. The minimum Gasteiger partial charge on any atom is -0.383 e. The summed E-state index contributed by atoms with van der Waals surface area (Å²) in [5, 5.41) is 10.4. The van der Waals surface area contributed by atoms with Gasteiger partial charge in [-0.25, -0.2) is 0 Å². The number of hydrogen-bond donors (Lipinski definition) is 2. The molecule has 8 nitrogen and oxygen atoms in total. The summed E-state index contributed by atoms with van der Waals surface area (Å²) in [6.07, 6.45) is 2.96. The van der Waals surface area contributed by atoms with E-state index < -0.39 is 16.7 Å². The molecule has 92 valence electrons. The van der Waals surface area contributed by atoms with Gasteiger partial charge in [0.1, 0.15) is 4.92 Å². The Morgan fingerprint density at radius 2 is 2.00 bits per heavy atom. The van der Waals surface area contributed by atoms with E-state index in [-0.39, 0.29) is 5.88 Å². The molecule has 2 rings (SSSR count). The van der Waals surface area contributed by atoms with Gasteiger partial charge in [0.2, 0.25) is 5.88 Å². The Labute approximate surface area is 101 Å². The quantitative estimate of drug-likeness (QED) is 0.624. The van der Waals surface area contributed by atoms with Crippen molar-refractivity contribution >= 4 is 17.7 Å². The SMILES string of the molecule is O=C(NNc1ccc([N+](=O)[O-])o1)c1ccncc1. The van der Waals surface area contributed by atoms with Crippen molar-refractivity contribution in [3.8, 4) is 0 Å². The van der Waals surface area contributed by atoms with Gasteiger partial charge in [0, 0.05) is 24.0 Å². The zero-order valence-electron chi connectivity index (χ0n) is 8.99. The van der Waals surface area contributed by atoms with Gasteiger partial charge in [-0.15, -0.1) is 0 Å². The second-order valence-corrected chi connectivity index (χ2v) is 3.21. The first-order valence-corrected chi connectivity index (χ1v) is 4.87. The molecule has 0 saturated heterocycles. The molecular formula is C10H8N4O4. The van der Waals surface area contributed by atoms with Crippen molar-refractivity contribution in [2.45, 2.75) is 0 Å². The molecule has 0 atom stereocenters. The zero-order chi connectivity index (χ0) is 13.0. The smallest absolute Gasteiger partial charge is 0.383 e. The van der Waals surface area contributed by atoms with Gasteiger partial charge in [0.25, 0.3) is 5.91 Å². The van der Waals surface area contributed by atoms with Crippen LogP contribution in [0.4, 0.5) is 11.8 Å². The molecule has 2 heterocycles. The third-order valence-corrected chi connectivity index (χ3v) is 2.01. The molecule has 0 saturated carbocycles. The summed E-state index contributed by atoms with van der Waals surface area (Å²) in [4.78, 5) is 25.0. The number of carbonyl (C=O) groups excluding carboxylic acids is 1. The highest BCUT2D eigenvalue weighted by atomic mass is 16.6. The minimum atomic E-state index is -0.671. The van der Waals surface area contributed by atoms with Crippen molar-refractivity contribution in [3.63, 3.8) is 0 Å². The zero-order valence-corrected chi connectivity index (χ0v) is 8.99. The Kier molecular flexibility index (Phi) is 3.19. The fraction of sp³-hybridized carbons (Fsp3) is 0. The van der Waals surface area contributed by atoms with E-state index in [1.54, 1.807) is 0 Å². The molecule has 0 aliphatic rings. The predicted molar refractivity (Wildman–Crippen MR) is 60.7 cm³/mol. The number of carbonyl (C=O) groups is 1. The molecule has 2 aromatic heterocycles. The average Bonchev–Trinajstić information content (AvgIpc) is 2.86. The lowest BCUT2D eigenvalue weighted by Crippen LogP contribution is -2.29. The number of pyridine rings is 1. The minimum absolute atomic E-state index is 0.0732. The second kappa shape index (κ2) is 4.95. The lowest BCUT2D eigenvalue weighted by molar-refractivity contribution is -0.401. The number of amides is 1. The Hall–Kier alpha value is -2.90. The van der Waals surface area contributed by atoms with Crippen molar-refractivity contribution in [1.82, 2.24) is 10.4 Å². The first kappa shape index (κ1) is 11.6. The summed E-state index contributed by atoms with van der Waals surface area (Å²) < 4.78 is 4.79. The molecule has 1 amide bonds. The third-order valence-electron chi connectivity index (χ3n) is 2.01. The number of hydrogen-bond acceptors (Lipinski definition) is 6. The van der Waals surface area contributed by atoms with Crippen LogP contribution < -0.4 is 10.9 Å². The molecule has 18 heavy (non-hydrogen) atoms. The van der Waals surface area contributed by atoms with Crippen LogP contribution in [0, 0.1) is 10.1 Å². The standard InChI is InChI=1S/C10H8N4O4/c15-10(7-3-5-11-6-4-7)13-12-8-1-2-9(18-8)14(16)17/h1-6,12H,(H,13,15). The van der Waals surface area contributed by atoms with Crippen LogP contribution in [-0.4, -0.2) is 15.8 Å². The largest absolute Gasteiger partial charge is 0.434 e. The number of aromatic nitrogens is 1. The summed E-state index contributed by atoms with van der Waals surface area (Å²) in [5.41, 5.74) is 5.16. The monoisotopic (exact) mass is 248 g/mol. The van der Waals surface area contributed by atoms with Gasteiger partial charge < -0.3 is 4.42 Å². The summed E-state index contributed by atoms with van der Waals surface area (Å²) >= 11 is 0. The molecule has 2 N–H and O–H groups in total. The molecule has 0 aliphatic heterocycles. The van der Waals surface area contributed by atoms with Gasteiger partial charge in [-0.2, -0.15) is 0 Å². The summed E-state index contributed by atoms with van der Waals surface area (Å²) in [5.74, 6) is -0.740. The Bertz CT molecular complexity index is 566. The van der Waals surface area contributed by atoms with E-state index in [0.29, 0.717) is 5.56 Å². The van der Waals surface area contributed by atoms with Crippen LogP contribution in [0.2, 0.25) is 0 Å². The normalized spacial score (nSPS) is 9.78. The number of nitrogens with zero attached hydrogens (tertiary/aromatic N) is 2. The van der Waals surface area contributed by atoms with Gasteiger partial charge in [0.05, 0.1) is 6.07 Å². The van der Waals surface area contributed by atoms with Gasteiger partial charge in [-0.1, -0.05) is 0 Å². The maximum absolute atomic E-state index is 11.6. The highest BCUT2D eigenvalue weighted by Gasteiger charge is 2.12. The topological polar surface area (TPSA) is 110 Å². The first-order chi connectivity index (χ1) is 8.66. The number of furan rings is 1. The highest BCUT2D eigenvalue weighted by Crippen LogP contribution is 2.18. The van der Waals surface area contributed by atoms with Crippen LogP contribution in [-0.2, 0) is 0 Å². The molecule has 0 spiro atoms. The molecule has 0 bridgehead atoms.